The number of nitrogens with zero attached hydrogens (tertiary/aromatic N) is 3. The zero-order chi connectivity index (χ0) is 20.3. The second kappa shape index (κ2) is 8.01. The molecule has 0 saturated carbocycles. The highest BCUT2D eigenvalue weighted by atomic mass is 19.4. The van der Waals surface area contributed by atoms with Gasteiger partial charge in [0.05, 0.1) is 5.56 Å². The first kappa shape index (κ1) is 19.9. The van der Waals surface area contributed by atoms with Crippen molar-refractivity contribution in [3.63, 3.8) is 0 Å². The third-order valence-electron chi connectivity index (χ3n) is 4.59. The molecule has 2 heterocycles. The fourth-order valence-corrected chi connectivity index (χ4v) is 3.07. The second-order valence-electron chi connectivity index (χ2n) is 6.59. The number of hydrogen-bond acceptors (Lipinski definition) is 4. The van der Waals surface area contributed by atoms with E-state index >= 15 is 0 Å². The molecule has 1 aromatic heterocycles. The molecule has 10 heteroatoms. The summed E-state index contributed by atoms with van der Waals surface area (Å²) >= 11 is 0. The van der Waals surface area contributed by atoms with Crippen molar-refractivity contribution in [1.82, 2.24) is 19.4 Å². The maximum absolute atomic E-state index is 12.8. The largest absolute Gasteiger partial charge is 0.416 e. The molecular weight excluding hydrogens is 377 g/mol. The van der Waals surface area contributed by atoms with Gasteiger partial charge in [0.25, 0.3) is 5.56 Å². The Morgan fingerprint density at radius 1 is 1.07 bits per heavy atom. The van der Waals surface area contributed by atoms with Gasteiger partial charge in [0.1, 0.15) is 6.54 Å². The quantitative estimate of drug-likeness (QED) is 0.833. The number of benzene rings is 1. The van der Waals surface area contributed by atoms with E-state index in [1.807, 2.05) is 4.90 Å². The molecule has 0 bridgehead atoms. The summed E-state index contributed by atoms with van der Waals surface area (Å²) in [5, 5.41) is 0. The van der Waals surface area contributed by atoms with E-state index < -0.39 is 23.0 Å². The fourth-order valence-electron chi connectivity index (χ4n) is 3.07. The lowest BCUT2D eigenvalue weighted by Crippen LogP contribution is -2.49. The Morgan fingerprint density at radius 3 is 2.43 bits per heavy atom. The number of hydrogen-bond donors (Lipinski definition) is 1. The van der Waals surface area contributed by atoms with Gasteiger partial charge in [0.2, 0.25) is 5.91 Å². The number of carbonyl (C=O) groups is 1. The number of aromatic nitrogens is 2. The summed E-state index contributed by atoms with van der Waals surface area (Å²) in [4.78, 5) is 40.7. The van der Waals surface area contributed by atoms with Gasteiger partial charge in [-0.15, -0.1) is 0 Å². The number of H-pyrrole nitrogens is 1. The molecule has 0 radical (unpaired) electrons. The number of carbonyl (C=O) groups excluding carboxylic acids is 1. The zero-order valence-corrected chi connectivity index (χ0v) is 14.9. The van der Waals surface area contributed by atoms with Gasteiger partial charge in [-0.05, 0) is 11.6 Å². The van der Waals surface area contributed by atoms with Gasteiger partial charge in [0.15, 0.2) is 0 Å². The van der Waals surface area contributed by atoms with Crippen LogP contribution in [0, 0.1) is 0 Å². The molecule has 150 valence electrons. The summed E-state index contributed by atoms with van der Waals surface area (Å²) in [5.74, 6) is -0.257. The van der Waals surface area contributed by atoms with Crippen LogP contribution in [0.5, 0.6) is 0 Å². The molecule has 0 unspecified atom stereocenters. The maximum Gasteiger partial charge on any atom is 0.416 e. The number of halogens is 3. The molecule has 0 atom stereocenters. The zero-order valence-electron chi connectivity index (χ0n) is 14.9. The van der Waals surface area contributed by atoms with Crippen molar-refractivity contribution >= 4 is 5.91 Å². The van der Waals surface area contributed by atoms with E-state index in [4.69, 9.17) is 0 Å². The topological polar surface area (TPSA) is 78.4 Å². The third kappa shape index (κ3) is 4.89. The van der Waals surface area contributed by atoms with Gasteiger partial charge in [0, 0.05) is 45.0 Å². The van der Waals surface area contributed by atoms with E-state index in [1.54, 1.807) is 11.0 Å². The first-order valence-corrected chi connectivity index (χ1v) is 8.68. The molecule has 1 aromatic carbocycles. The molecule has 0 spiro atoms. The summed E-state index contributed by atoms with van der Waals surface area (Å²) in [6.07, 6.45) is -3.11. The van der Waals surface area contributed by atoms with Crippen LogP contribution in [-0.2, 0) is 24.1 Å². The Labute approximate surface area is 158 Å². The number of aromatic amines is 1. The first-order chi connectivity index (χ1) is 13.2. The van der Waals surface area contributed by atoms with E-state index in [9.17, 15) is 27.6 Å². The molecule has 0 aliphatic carbocycles. The van der Waals surface area contributed by atoms with Crippen LogP contribution in [0.25, 0.3) is 0 Å². The van der Waals surface area contributed by atoms with E-state index in [2.05, 4.69) is 4.98 Å². The van der Waals surface area contributed by atoms with Gasteiger partial charge in [-0.1, -0.05) is 18.2 Å². The van der Waals surface area contributed by atoms with Crippen LogP contribution >= 0.6 is 0 Å². The third-order valence-corrected chi connectivity index (χ3v) is 4.59. The van der Waals surface area contributed by atoms with Gasteiger partial charge in [-0.3, -0.25) is 24.0 Å². The highest BCUT2D eigenvalue weighted by Crippen LogP contribution is 2.29. The Hall–Kier alpha value is -2.88. The Balaban J connectivity index is 1.55. The van der Waals surface area contributed by atoms with Crippen LogP contribution in [-0.4, -0.2) is 51.4 Å². The normalized spacial score (nSPS) is 15.6. The molecular formula is C18H19F3N4O3. The van der Waals surface area contributed by atoms with Crippen molar-refractivity contribution in [1.29, 1.82) is 0 Å². The molecule has 1 saturated heterocycles. The minimum atomic E-state index is -4.37. The highest BCUT2D eigenvalue weighted by molar-refractivity contribution is 5.76. The second-order valence-corrected chi connectivity index (χ2v) is 6.59. The summed E-state index contributed by atoms with van der Waals surface area (Å²) in [6, 6.07) is 6.38. The Kier molecular flexibility index (Phi) is 5.68. The Bertz CT molecular complexity index is 959. The van der Waals surface area contributed by atoms with Crippen LogP contribution in [0.3, 0.4) is 0 Å². The SMILES string of the molecule is O=C(Cn1ccc(=O)[nH]c1=O)N1CCN(Cc2cccc(C(F)(F)F)c2)CC1. The average molecular weight is 396 g/mol. The number of piperazine rings is 1. The van der Waals surface area contributed by atoms with Crippen molar-refractivity contribution < 1.29 is 18.0 Å². The summed E-state index contributed by atoms with van der Waals surface area (Å²) in [7, 11) is 0. The molecule has 1 aliphatic rings. The van der Waals surface area contributed by atoms with E-state index in [0.29, 0.717) is 38.3 Å². The van der Waals surface area contributed by atoms with Crippen molar-refractivity contribution in [2.45, 2.75) is 19.3 Å². The standard InChI is InChI=1S/C18H19F3N4O3/c19-18(20,21)14-3-1-2-13(10-14)11-23-6-8-24(9-7-23)16(27)12-25-5-4-15(26)22-17(25)28/h1-5,10H,6-9,11-12H2,(H,22,26,28). The highest BCUT2D eigenvalue weighted by Gasteiger charge is 2.30. The molecule has 28 heavy (non-hydrogen) atoms. The molecule has 2 aromatic rings. The van der Waals surface area contributed by atoms with Gasteiger partial charge in [-0.2, -0.15) is 13.2 Å². The van der Waals surface area contributed by atoms with E-state index in [0.717, 1.165) is 16.7 Å². The van der Waals surface area contributed by atoms with Crippen LogP contribution in [0.15, 0.2) is 46.1 Å². The van der Waals surface area contributed by atoms with Crippen molar-refractivity contribution in [3.05, 3.63) is 68.5 Å². The molecule has 3 rings (SSSR count). The molecule has 1 fully saturated rings. The predicted molar refractivity (Wildman–Crippen MR) is 94.6 cm³/mol. The molecule has 1 amide bonds. The fraction of sp³-hybridized carbons (Fsp3) is 0.389. The molecule has 7 nitrogen and oxygen atoms in total. The van der Waals surface area contributed by atoms with Gasteiger partial charge >= 0.3 is 11.9 Å². The minimum absolute atomic E-state index is 0.177. The maximum atomic E-state index is 12.8. The van der Waals surface area contributed by atoms with Crippen LogP contribution in [0.2, 0.25) is 0 Å². The molecule has 1 N–H and O–H groups in total. The van der Waals surface area contributed by atoms with E-state index in [1.165, 1.54) is 18.3 Å². The van der Waals surface area contributed by atoms with E-state index in [-0.39, 0.29) is 12.5 Å². The smallest absolute Gasteiger partial charge is 0.339 e. The van der Waals surface area contributed by atoms with Crippen molar-refractivity contribution in [2.75, 3.05) is 26.2 Å². The lowest BCUT2D eigenvalue weighted by molar-refractivity contribution is -0.137. The molecule has 1 aliphatic heterocycles. The summed E-state index contributed by atoms with van der Waals surface area (Å²) < 4.78 is 39.6. The average Bonchev–Trinajstić information content (AvgIpc) is 2.64. The van der Waals surface area contributed by atoms with Crippen LogP contribution in [0.4, 0.5) is 13.2 Å². The lowest BCUT2D eigenvalue weighted by atomic mass is 10.1. The van der Waals surface area contributed by atoms with Gasteiger partial charge in [-0.25, -0.2) is 4.79 Å². The predicted octanol–water partition coefficient (Wildman–Crippen LogP) is 0.900. The number of nitrogens with one attached hydrogen (secondary N) is 1. The van der Waals surface area contributed by atoms with Crippen LogP contribution in [0.1, 0.15) is 11.1 Å². The summed E-state index contributed by atoms with van der Waals surface area (Å²) in [5.41, 5.74) is -1.29. The minimum Gasteiger partial charge on any atom is -0.339 e. The lowest BCUT2D eigenvalue weighted by Gasteiger charge is -2.35. The van der Waals surface area contributed by atoms with Crippen molar-refractivity contribution in [3.8, 4) is 0 Å². The number of amides is 1. The Morgan fingerprint density at radius 2 is 1.79 bits per heavy atom. The monoisotopic (exact) mass is 396 g/mol. The summed E-state index contributed by atoms with van der Waals surface area (Å²) in [6.45, 7) is 2.05. The van der Waals surface area contributed by atoms with Crippen molar-refractivity contribution in [2.24, 2.45) is 0 Å². The van der Waals surface area contributed by atoms with Crippen LogP contribution < -0.4 is 11.2 Å². The first-order valence-electron chi connectivity index (χ1n) is 8.68. The van der Waals surface area contributed by atoms with Gasteiger partial charge < -0.3 is 4.90 Å². The number of alkyl halides is 3. The number of rotatable bonds is 4.